The minimum atomic E-state index is -0.451. The third kappa shape index (κ3) is 6.13. The molecule has 3 aromatic rings. The first-order valence-electron chi connectivity index (χ1n) is 8.95. The molecule has 0 spiro atoms. The molecule has 2 aromatic heterocycles. The van der Waals surface area contributed by atoms with Crippen molar-refractivity contribution < 1.29 is 14.0 Å². The molecular weight excluding hydrogens is 521 g/mol. The number of hydrogen-bond donors (Lipinski definition) is 1. The molecule has 1 aliphatic rings. The monoisotopic (exact) mass is 537 g/mol. The Balaban J connectivity index is 0.00000272. The van der Waals surface area contributed by atoms with Crippen LogP contribution in [0.1, 0.15) is 9.75 Å². The van der Waals surface area contributed by atoms with Gasteiger partial charge in [0.05, 0.1) is 18.0 Å². The summed E-state index contributed by atoms with van der Waals surface area (Å²) >= 11 is 4.35. The number of anilines is 1. The van der Waals surface area contributed by atoms with Crippen molar-refractivity contribution in [2.75, 3.05) is 5.32 Å². The number of amides is 2. The van der Waals surface area contributed by atoms with Crippen LogP contribution in [-0.4, -0.2) is 21.9 Å². The summed E-state index contributed by atoms with van der Waals surface area (Å²) in [6.07, 6.45) is 1.27. The highest BCUT2D eigenvalue weighted by molar-refractivity contribution is 8.93. The third-order valence-corrected chi connectivity index (χ3v) is 6.87. The second kappa shape index (κ2) is 10.9. The second-order valence-corrected chi connectivity index (χ2v) is 9.33. The Morgan fingerprint density at radius 2 is 1.74 bits per heavy atom. The molecule has 31 heavy (non-hydrogen) atoms. The van der Waals surface area contributed by atoms with Crippen LogP contribution >= 0.6 is 51.4 Å². The van der Waals surface area contributed by atoms with Crippen LogP contribution in [-0.2, 0) is 22.7 Å². The fraction of sp³-hybridized carbons (Fsp3) is 0.0952. The molecule has 4 rings (SSSR count). The summed E-state index contributed by atoms with van der Waals surface area (Å²) in [5.74, 6) is -1.09. The van der Waals surface area contributed by atoms with Crippen LogP contribution in [0.2, 0.25) is 0 Å². The summed E-state index contributed by atoms with van der Waals surface area (Å²) in [6, 6.07) is 13.3. The van der Waals surface area contributed by atoms with Crippen molar-refractivity contribution in [1.82, 2.24) is 4.90 Å². The lowest BCUT2D eigenvalue weighted by Crippen LogP contribution is -2.28. The van der Waals surface area contributed by atoms with E-state index in [1.54, 1.807) is 27.6 Å². The Morgan fingerprint density at radius 1 is 1.06 bits per heavy atom. The molecule has 0 atom stereocenters. The quantitative estimate of drug-likeness (QED) is 0.411. The molecule has 1 aromatic carbocycles. The van der Waals surface area contributed by atoms with Gasteiger partial charge in [-0.15, -0.1) is 39.7 Å². The molecule has 1 fully saturated rings. The minimum absolute atomic E-state index is 0. The van der Waals surface area contributed by atoms with Gasteiger partial charge in [-0.1, -0.05) is 12.1 Å². The van der Waals surface area contributed by atoms with E-state index in [4.69, 9.17) is 0 Å². The van der Waals surface area contributed by atoms with Crippen molar-refractivity contribution >= 4 is 74.1 Å². The van der Waals surface area contributed by atoms with E-state index in [1.807, 2.05) is 35.0 Å². The van der Waals surface area contributed by atoms with Crippen LogP contribution in [0.5, 0.6) is 0 Å². The van der Waals surface area contributed by atoms with E-state index >= 15 is 0 Å². The average Bonchev–Trinajstić information content (AvgIpc) is 3.48. The van der Waals surface area contributed by atoms with E-state index in [0.717, 1.165) is 9.75 Å². The zero-order chi connectivity index (χ0) is 20.9. The number of rotatable bonds is 6. The number of benzene rings is 1. The lowest BCUT2D eigenvalue weighted by atomic mass is 10.3. The molecule has 0 bridgehead atoms. The van der Waals surface area contributed by atoms with Gasteiger partial charge in [0.1, 0.15) is 5.82 Å². The zero-order valence-corrected chi connectivity index (χ0v) is 20.1. The summed E-state index contributed by atoms with van der Waals surface area (Å²) in [5, 5.41) is 7.16. The number of thiophene rings is 2. The predicted octanol–water partition coefficient (Wildman–Crippen LogP) is 5.68. The SMILES string of the molecule is Br.O=C(/C=C1/SC(=NCc2cccs2)N(Cc2cccs2)C1=O)Nc1ccc(F)cc1. The molecule has 0 aliphatic carbocycles. The Hall–Kier alpha value is -2.27. The molecule has 5 nitrogen and oxygen atoms in total. The van der Waals surface area contributed by atoms with Crippen LogP contribution < -0.4 is 5.32 Å². The maximum Gasteiger partial charge on any atom is 0.267 e. The number of thioether (sulfide) groups is 1. The van der Waals surface area contributed by atoms with Crippen molar-refractivity contribution in [2.24, 2.45) is 4.99 Å². The van der Waals surface area contributed by atoms with Gasteiger partial charge in [0.2, 0.25) is 5.91 Å². The first-order valence-corrected chi connectivity index (χ1v) is 11.5. The molecule has 3 heterocycles. The molecule has 0 radical (unpaired) electrons. The second-order valence-electron chi connectivity index (χ2n) is 6.26. The van der Waals surface area contributed by atoms with Gasteiger partial charge in [-0.3, -0.25) is 19.5 Å². The van der Waals surface area contributed by atoms with E-state index in [2.05, 4.69) is 10.3 Å². The highest BCUT2D eigenvalue weighted by atomic mass is 79.9. The molecule has 0 saturated carbocycles. The highest BCUT2D eigenvalue weighted by Gasteiger charge is 2.34. The number of nitrogens with zero attached hydrogens (tertiary/aromatic N) is 2. The van der Waals surface area contributed by atoms with Crippen LogP contribution in [0.4, 0.5) is 10.1 Å². The predicted molar refractivity (Wildman–Crippen MR) is 131 cm³/mol. The van der Waals surface area contributed by atoms with Crippen molar-refractivity contribution in [2.45, 2.75) is 13.1 Å². The lowest BCUT2D eigenvalue weighted by molar-refractivity contribution is -0.123. The molecule has 2 amide bonds. The molecular formula is C21H17BrFN3O2S3. The molecule has 1 aliphatic heterocycles. The van der Waals surface area contributed by atoms with E-state index < -0.39 is 5.91 Å². The van der Waals surface area contributed by atoms with Gasteiger partial charge in [0.15, 0.2) is 5.17 Å². The first-order chi connectivity index (χ1) is 14.6. The van der Waals surface area contributed by atoms with Gasteiger partial charge in [-0.05, 0) is 58.9 Å². The number of hydrogen-bond acceptors (Lipinski definition) is 6. The van der Waals surface area contributed by atoms with Gasteiger partial charge in [-0.25, -0.2) is 4.39 Å². The van der Waals surface area contributed by atoms with Crippen LogP contribution in [0, 0.1) is 5.82 Å². The minimum Gasteiger partial charge on any atom is -0.322 e. The summed E-state index contributed by atoms with van der Waals surface area (Å²) in [5.41, 5.74) is 0.454. The van der Waals surface area contributed by atoms with Crippen molar-refractivity contribution in [3.8, 4) is 0 Å². The Bertz CT molecular complexity index is 1100. The van der Waals surface area contributed by atoms with Gasteiger partial charge >= 0.3 is 0 Å². The number of carbonyl (C=O) groups excluding carboxylic acids is 2. The number of aliphatic imine (C=N–C) groups is 1. The van der Waals surface area contributed by atoms with E-state index in [9.17, 15) is 14.0 Å². The number of nitrogens with one attached hydrogen (secondary N) is 1. The molecule has 1 saturated heterocycles. The fourth-order valence-electron chi connectivity index (χ4n) is 2.70. The largest absolute Gasteiger partial charge is 0.322 e. The normalized spacial score (nSPS) is 16.0. The van der Waals surface area contributed by atoms with Crippen LogP contribution in [0.25, 0.3) is 0 Å². The van der Waals surface area contributed by atoms with Gasteiger partial charge < -0.3 is 5.32 Å². The van der Waals surface area contributed by atoms with Crippen LogP contribution in [0.15, 0.2) is 75.3 Å². The number of amidine groups is 1. The zero-order valence-electron chi connectivity index (χ0n) is 16.0. The number of halogens is 2. The van der Waals surface area contributed by atoms with Crippen molar-refractivity contribution in [3.05, 3.63) is 85.8 Å². The van der Waals surface area contributed by atoms with Crippen molar-refractivity contribution in [1.29, 1.82) is 0 Å². The molecule has 10 heteroatoms. The summed E-state index contributed by atoms with van der Waals surface area (Å²) in [6.45, 7) is 0.882. The number of carbonyl (C=O) groups is 2. The van der Waals surface area contributed by atoms with E-state index in [-0.39, 0.29) is 28.7 Å². The summed E-state index contributed by atoms with van der Waals surface area (Å²) in [4.78, 5) is 34.0. The lowest BCUT2D eigenvalue weighted by Gasteiger charge is -2.14. The van der Waals surface area contributed by atoms with Gasteiger partial charge in [-0.2, -0.15) is 0 Å². The molecule has 160 valence electrons. The summed E-state index contributed by atoms with van der Waals surface area (Å²) < 4.78 is 13.0. The van der Waals surface area contributed by atoms with Crippen molar-refractivity contribution in [3.63, 3.8) is 0 Å². The average molecular weight is 538 g/mol. The first kappa shape index (κ1) is 23.4. The summed E-state index contributed by atoms with van der Waals surface area (Å²) in [7, 11) is 0. The highest BCUT2D eigenvalue weighted by Crippen LogP contribution is 2.33. The van der Waals surface area contributed by atoms with E-state index in [0.29, 0.717) is 28.8 Å². The Labute approximate surface area is 201 Å². The molecule has 1 N–H and O–H groups in total. The maximum absolute atomic E-state index is 13.0. The third-order valence-electron chi connectivity index (χ3n) is 4.11. The molecule has 0 unspecified atom stereocenters. The fourth-order valence-corrected chi connectivity index (χ4v) is 4.97. The van der Waals surface area contributed by atoms with Gasteiger partial charge in [0, 0.05) is 21.5 Å². The maximum atomic E-state index is 13.0. The topological polar surface area (TPSA) is 61.8 Å². The Kier molecular flexibility index (Phi) is 8.19. The van der Waals surface area contributed by atoms with Gasteiger partial charge in [0.25, 0.3) is 5.91 Å². The standard InChI is InChI=1S/C21H16FN3O2S3.BrH/c22-14-5-7-15(8-6-14)24-19(26)11-18-20(27)25(13-17-4-2-10-29-17)21(30-18)23-12-16-3-1-9-28-16;/h1-11H,12-13H2,(H,24,26);1H/b18-11+,23-21?;. The van der Waals surface area contributed by atoms with Crippen LogP contribution in [0.3, 0.4) is 0 Å². The Morgan fingerprint density at radius 3 is 2.39 bits per heavy atom. The smallest absolute Gasteiger partial charge is 0.267 e. The van der Waals surface area contributed by atoms with E-state index in [1.165, 1.54) is 42.1 Å².